The predicted octanol–water partition coefficient (Wildman–Crippen LogP) is 12.1. The first kappa shape index (κ1) is 74.3. The van der Waals surface area contributed by atoms with Crippen LogP contribution in [0, 0.1) is 0 Å². The summed E-state index contributed by atoms with van der Waals surface area (Å²) in [6, 6.07) is -0.934. The zero-order chi connectivity index (χ0) is 58.8. The van der Waals surface area contributed by atoms with Gasteiger partial charge in [-0.25, -0.2) is 0 Å². The maximum Gasteiger partial charge on any atom is 0.220 e. The Morgan fingerprint density at radius 3 is 1.36 bits per heavy atom. The van der Waals surface area contributed by atoms with Crippen LogP contribution >= 0.6 is 0 Å². The number of ether oxygens (including phenoxy) is 4. The summed E-state index contributed by atoms with van der Waals surface area (Å²) in [6.45, 7) is 2.66. The maximum atomic E-state index is 13.3. The van der Waals surface area contributed by atoms with E-state index in [1.54, 1.807) is 6.08 Å². The Labute approximate surface area is 491 Å². The SMILES string of the molecule is CC/C=C\C/C=C\C/C=C\C/C=C\C/C=C\CCCCCCCCCCCCCCCCCCCC(=O)NC(COC1OC(CO)C(OC2OC(CO)C(O)C(O)C2O)C(O)C1O)C(O)/C=C/CC/C=C/CCCCCCCCCC. The van der Waals surface area contributed by atoms with Crippen LogP contribution in [0.3, 0.4) is 0 Å². The molecule has 2 aliphatic heterocycles. The van der Waals surface area contributed by atoms with Crippen molar-refractivity contribution in [2.75, 3.05) is 19.8 Å². The van der Waals surface area contributed by atoms with Crippen LogP contribution in [0.2, 0.25) is 0 Å². The molecule has 468 valence electrons. The summed E-state index contributed by atoms with van der Waals surface area (Å²) in [5.74, 6) is -0.251. The largest absolute Gasteiger partial charge is 0.394 e. The van der Waals surface area contributed by atoms with E-state index in [0.29, 0.717) is 12.8 Å². The number of carbonyl (C=O) groups excluding carboxylic acids is 1. The molecule has 81 heavy (non-hydrogen) atoms. The van der Waals surface area contributed by atoms with Crippen LogP contribution in [-0.4, -0.2) is 140 Å². The van der Waals surface area contributed by atoms with Crippen molar-refractivity contribution < 1.29 is 64.6 Å². The number of nitrogens with one attached hydrogen (secondary N) is 1. The van der Waals surface area contributed by atoms with Gasteiger partial charge in [0, 0.05) is 6.42 Å². The van der Waals surface area contributed by atoms with Crippen molar-refractivity contribution in [3.05, 3.63) is 85.1 Å². The average Bonchev–Trinajstić information content (AvgIpc) is 3.47. The Morgan fingerprint density at radius 2 is 0.864 bits per heavy atom. The van der Waals surface area contributed by atoms with Crippen molar-refractivity contribution in [2.45, 2.75) is 312 Å². The summed E-state index contributed by atoms with van der Waals surface area (Å²) in [5, 5.41) is 87.1. The second-order valence-corrected chi connectivity index (χ2v) is 22.5. The Morgan fingerprint density at radius 1 is 0.457 bits per heavy atom. The van der Waals surface area contributed by atoms with Gasteiger partial charge < -0.3 is 65.1 Å². The number of allylic oxidation sites excluding steroid dienone is 13. The standard InChI is InChI=1S/C67H117NO13/c1-3-5-7-9-11-13-15-17-19-20-21-22-23-24-25-26-27-28-29-30-31-32-33-34-35-36-37-39-41-43-45-47-49-51-59(72)68-55(56(71)50-48-46-44-42-40-38-18-16-14-12-10-8-6-4-2)54-78-66-64(77)62(75)65(58(53-70)80-66)81-67-63(76)61(74)60(73)57(52-69)79-67/h5,7,11,13,17,19,21-22,24-25,40,42,48,50,55-58,60-67,69-71,73-77H,3-4,6,8-10,12,14-16,18,20,23,26-39,41,43-47,49,51-54H2,1-2H3,(H,68,72)/b7-5-,13-11-,19-17-,22-21-,25-24-,42-40+,50-48+. The third kappa shape index (κ3) is 36.6. The molecule has 14 nitrogen and oxygen atoms in total. The predicted molar refractivity (Wildman–Crippen MR) is 327 cm³/mol. The van der Waals surface area contributed by atoms with Crippen molar-refractivity contribution in [1.29, 1.82) is 0 Å². The van der Waals surface area contributed by atoms with Gasteiger partial charge in [0.15, 0.2) is 12.6 Å². The number of amides is 1. The summed E-state index contributed by atoms with van der Waals surface area (Å²) in [6.07, 6.45) is 53.5. The summed E-state index contributed by atoms with van der Waals surface area (Å²) in [7, 11) is 0. The lowest BCUT2D eigenvalue weighted by Crippen LogP contribution is -2.65. The molecule has 0 spiro atoms. The number of rotatable bonds is 51. The van der Waals surface area contributed by atoms with E-state index < -0.39 is 86.8 Å². The van der Waals surface area contributed by atoms with Gasteiger partial charge in [0.05, 0.1) is 32.0 Å². The fourth-order valence-electron chi connectivity index (χ4n) is 10.2. The number of unbranched alkanes of at least 4 members (excludes halogenated alkanes) is 26. The van der Waals surface area contributed by atoms with Gasteiger partial charge in [0.2, 0.25) is 5.91 Å². The van der Waals surface area contributed by atoms with Gasteiger partial charge in [-0.1, -0.05) is 240 Å². The molecule has 1 amide bonds. The quantitative estimate of drug-likeness (QED) is 0.0204. The van der Waals surface area contributed by atoms with Gasteiger partial charge in [-0.05, 0) is 77.0 Å². The highest BCUT2D eigenvalue weighted by Gasteiger charge is 2.51. The fraction of sp³-hybridized carbons (Fsp3) is 0.776. The minimum absolute atomic E-state index is 0.251. The lowest BCUT2D eigenvalue weighted by molar-refractivity contribution is -0.359. The van der Waals surface area contributed by atoms with Crippen LogP contribution in [0.1, 0.15) is 239 Å². The molecule has 2 fully saturated rings. The van der Waals surface area contributed by atoms with Gasteiger partial charge in [0.25, 0.3) is 0 Å². The molecule has 0 radical (unpaired) electrons. The van der Waals surface area contributed by atoms with Crippen molar-refractivity contribution >= 4 is 5.91 Å². The van der Waals surface area contributed by atoms with Gasteiger partial charge in [-0.2, -0.15) is 0 Å². The summed E-state index contributed by atoms with van der Waals surface area (Å²) in [5.41, 5.74) is 0. The Bertz CT molecular complexity index is 1680. The second kappa shape index (κ2) is 51.6. The molecule has 14 heteroatoms. The molecule has 9 N–H and O–H groups in total. The van der Waals surface area contributed by atoms with Gasteiger partial charge >= 0.3 is 0 Å². The van der Waals surface area contributed by atoms with Crippen LogP contribution in [0.15, 0.2) is 85.1 Å². The highest BCUT2D eigenvalue weighted by atomic mass is 16.7. The number of aliphatic hydroxyl groups excluding tert-OH is 8. The molecule has 0 aliphatic carbocycles. The third-order valence-electron chi connectivity index (χ3n) is 15.3. The zero-order valence-corrected chi connectivity index (χ0v) is 50.5. The Hall–Kier alpha value is -2.83. The van der Waals surface area contributed by atoms with Crippen molar-refractivity contribution in [3.63, 3.8) is 0 Å². The van der Waals surface area contributed by atoms with E-state index in [1.807, 2.05) is 6.08 Å². The summed E-state index contributed by atoms with van der Waals surface area (Å²) in [4.78, 5) is 13.3. The molecule has 0 aromatic heterocycles. The van der Waals surface area contributed by atoms with E-state index in [0.717, 1.165) is 64.2 Å². The van der Waals surface area contributed by atoms with Crippen LogP contribution in [0.5, 0.6) is 0 Å². The Balaban J connectivity index is 1.65. The van der Waals surface area contributed by atoms with E-state index in [2.05, 4.69) is 92.1 Å². The fourth-order valence-corrected chi connectivity index (χ4v) is 10.2. The molecule has 2 aliphatic rings. The van der Waals surface area contributed by atoms with E-state index >= 15 is 0 Å². The highest BCUT2D eigenvalue weighted by molar-refractivity contribution is 5.76. The molecule has 0 saturated carbocycles. The van der Waals surface area contributed by atoms with Crippen LogP contribution in [0.4, 0.5) is 0 Å². The van der Waals surface area contributed by atoms with E-state index in [1.165, 1.54) is 141 Å². The van der Waals surface area contributed by atoms with Gasteiger partial charge in [-0.15, -0.1) is 0 Å². The third-order valence-corrected chi connectivity index (χ3v) is 15.3. The molecule has 2 rings (SSSR count). The number of hydrogen-bond acceptors (Lipinski definition) is 13. The molecule has 0 aromatic carbocycles. The second-order valence-electron chi connectivity index (χ2n) is 22.5. The van der Waals surface area contributed by atoms with Crippen LogP contribution in [0.25, 0.3) is 0 Å². The smallest absolute Gasteiger partial charge is 0.220 e. The molecular weight excluding hydrogens is 1030 g/mol. The number of aliphatic hydroxyl groups is 8. The average molecular weight is 1140 g/mol. The molecule has 12 atom stereocenters. The first-order chi connectivity index (χ1) is 39.6. The number of hydrogen-bond donors (Lipinski definition) is 9. The molecule has 0 aromatic rings. The van der Waals surface area contributed by atoms with Crippen molar-refractivity contribution in [3.8, 4) is 0 Å². The van der Waals surface area contributed by atoms with Crippen molar-refractivity contribution in [2.24, 2.45) is 0 Å². The normalized spacial score (nSPS) is 24.7. The van der Waals surface area contributed by atoms with Gasteiger partial charge in [0.1, 0.15) is 48.8 Å². The minimum atomic E-state index is -1.79. The number of carbonyl (C=O) groups is 1. The van der Waals surface area contributed by atoms with E-state index in [4.69, 9.17) is 18.9 Å². The Kier molecular flexibility index (Phi) is 47.3. The molecule has 2 heterocycles. The first-order valence-electron chi connectivity index (χ1n) is 32.3. The van der Waals surface area contributed by atoms with E-state index in [9.17, 15) is 45.6 Å². The lowest BCUT2D eigenvalue weighted by atomic mass is 9.97. The zero-order valence-electron chi connectivity index (χ0n) is 50.5. The molecular formula is C67H117NO13. The van der Waals surface area contributed by atoms with Crippen molar-refractivity contribution in [1.82, 2.24) is 5.32 Å². The molecule has 2 saturated heterocycles. The summed E-state index contributed by atoms with van der Waals surface area (Å²) >= 11 is 0. The maximum absolute atomic E-state index is 13.3. The van der Waals surface area contributed by atoms with Gasteiger partial charge in [-0.3, -0.25) is 4.79 Å². The highest BCUT2D eigenvalue weighted by Crippen LogP contribution is 2.30. The van der Waals surface area contributed by atoms with Crippen LogP contribution < -0.4 is 5.32 Å². The first-order valence-corrected chi connectivity index (χ1v) is 32.3. The van der Waals surface area contributed by atoms with Crippen LogP contribution in [-0.2, 0) is 23.7 Å². The topological polar surface area (TPSA) is 228 Å². The monoisotopic (exact) mass is 1140 g/mol. The summed E-state index contributed by atoms with van der Waals surface area (Å²) < 4.78 is 22.8. The lowest BCUT2D eigenvalue weighted by Gasteiger charge is -2.46. The molecule has 0 bridgehead atoms. The molecule has 12 unspecified atom stereocenters. The van der Waals surface area contributed by atoms with E-state index in [-0.39, 0.29) is 18.9 Å². The minimum Gasteiger partial charge on any atom is -0.394 e.